The number of benzene rings is 1. The summed E-state index contributed by atoms with van der Waals surface area (Å²) >= 11 is 0. The Balaban J connectivity index is 2.32. The van der Waals surface area contributed by atoms with Crippen LogP contribution in [0.5, 0.6) is 0 Å². The molecule has 0 radical (unpaired) electrons. The molecule has 66 valence electrons. The van der Waals surface area contributed by atoms with Gasteiger partial charge < -0.3 is 5.32 Å². The zero-order valence-electron chi connectivity index (χ0n) is 6.93. The molecule has 1 heterocycles. The van der Waals surface area contributed by atoms with Crippen LogP contribution in [-0.2, 0) is 5.54 Å². The number of halogens is 1. The molecule has 1 N–H and O–H groups in total. The summed E-state index contributed by atoms with van der Waals surface area (Å²) in [7, 11) is 0. The number of hydrogen-bond acceptors (Lipinski definition) is 1. The van der Waals surface area contributed by atoms with Crippen LogP contribution in [0.1, 0.15) is 28.8 Å². The predicted octanol–water partition coefficient (Wildman–Crippen LogP) is 1.56. The molecule has 13 heavy (non-hydrogen) atoms. The minimum Gasteiger partial charge on any atom is -0.342 e. The highest BCUT2D eigenvalue weighted by atomic mass is 19.1. The molecule has 0 bridgehead atoms. The lowest BCUT2D eigenvalue weighted by Crippen LogP contribution is -2.25. The SMILES string of the molecule is O=C1NC2(CC2)c2c(F)cccc21. The first-order valence-electron chi connectivity index (χ1n) is 4.34. The zero-order valence-corrected chi connectivity index (χ0v) is 6.93. The molecule has 1 spiro atoms. The van der Waals surface area contributed by atoms with E-state index in [1.54, 1.807) is 12.1 Å². The fourth-order valence-electron chi connectivity index (χ4n) is 2.05. The third kappa shape index (κ3) is 0.742. The maximum Gasteiger partial charge on any atom is 0.252 e. The smallest absolute Gasteiger partial charge is 0.252 e. The molecule has 1 aliphatic heterocycles. The van der Waals surface area contributed by atoms with Crippen LogP contribution in [0.25, 0.3) is 0 Å². The van der Waals surface area contributed by atoms with E-state index < -0.39 is 0 Å². The predicted molar refractivity (Wildman–Crippen MR) is 44.8 cm³/mol. The molecule has 1 aliphatic carbocycles. The summed E-state index contributed by atoms with van der Waals surface area (Å²) < 4.78 is 13.4. The average molecular weight is 177 g/mol. The summed E-state index contributed by atoms with van der Waals surface area (Å²) in [4.78, 5) is 11.4. The molecule has 1 aromatic carbocycles. The summed E-state index contributed by atoms with van der Waals surface area (Å²) in [5.41, 5.74) is 0.759. The molecule has 1 fully saturated rings. The van der Waals surface area contributed by atoms with Gasteiger partial charge in [0.05, 0.1) is 5.54 Å². The van der Waals surface area contributed by atoms with Crippen LogP contribution < -0.4 is 5.32 Å². The first-order chi connectivity index (χ1) is 6.23. The second kappa shape index (κ2) is 1.92. The number of carbonyl (C=O) groups excluding carboxylic acids is 1. The van der Waals surface area contributed by atoms with Gasteiger partial charge in [-0.3, -0.25) is 4.79 Å². The molecular formula is C10H8FNO. The Bertz CT molecular complexity index is 409. The summed E-state index contributed by atoms with van der Waals surface area (Å²) in [6.45, 7) is 0. The Morgan fingerprint density at radius 1 is 1.38 bits per heavy atom. The fourth-order valence-corrected chi connectivity index (χ4v) is 2.05. The summed E-state index contributed by atoms with van der Waals surface area (Å²) in [6, 6.07) is 4.68. The summed E-state index contributed by atoms with van der Waals surface area (Å²) in [6.07, 6.45) is 1.74. The summed E-state index contributed by atoms with van der Waals surface area (Å²) in [5.74, 6) is -0.389. The lowest BCUT2D eigenvalue weighted by Gasteiger charge is -2.07. The van der Waals surface area contributed by atoms with Gasteiger partial charge in [-0.05, 0) is 25.0 Å². The van der Waals surface area contributed by atoms with Crippen LogP contribution in [0, 0.1) is 5.82 Å². The Kier molecular flexibility index (Phi) is 1.04. The molecule has 1 saturated carbocycles. The molecule has 0 unspecified atom stereocenters. The van der Waals surface area contributed by atoms with E-state index in [0.29, 0.717) is 11.1 Å². The van der Waals surface area contributed by atoms with Crippen molar-refractivity contribution in [2.75, 3.05) is 0 Å². The Hall–Kier alpha value is -1.38. The molecular weight excluding hydrogens is 169 g/mol. The second-order valence-electron chi connectivity index (χ2n) is 3.70. The van der Waals surface area contributed by atoms with Crippen LogP contribution in [0.3, 0.4) is 0 Å². The van der Waals surface area contributed by atoms with E-state index in [9.17, 15) is 9.18 Å². The first kappa shape index (κ1) is 7.06. The monoisotopic (exact) mass is 177 g/mol. The van der Waals surface area contributed by atoms with Gasteiger partial charge in [-0.15, -0.1) is 0 Å². The Morgan fingerprint density at radius 2 is 2.15 bits per heavy atom. The number of rotatable bonds is 0. The van der Waals surface area contributed by atoms with Crippen LogP contribution in [0.4, 0.5) is 4.39 Å². The molecule has 0 saturated heterocycles. The first-order valence-corrected chi connectivity index (χ1v) is 4.34. The summed E-state index contributed by atoms with van der Waals surface area (Å²) in [5, 5.41) is 2.83. The molecule has 0 aromatic heterocycles. The van der Waals surface area contributed by atoms with Gasteiger partial charge in [-0.1, -0.05) is 6.07 Å². The molecule has 1 aromatic rings. The van der Waals surface area contributed by atoms with Gasteiger partial charge in [0.2, 0.25) is 0 Å². The van der Waals surface area contributed by atoms with Crippen molar-refractivity contribution < 1.29 is 9.18 Å². The van der Waals surface area contributed by atoms with Crippen molar-refractivity contribution in [3.63, 3.8) is 0 Å². The molecule has 3 heteroatoms. The second-order valence-corrected chi connectivity index (χ2v) is 3.70. The maximum atomic E-state index is 13.4. The van der Waals surface area contributed by atoms with Gasteiger partial charge in [-0.25, -0.2) is 4.39 Å². The zero-order chi connectivity index (χ0) is 9.05. The van der Waals surface area contributed by atoms with Crippen LogP contribution in [0.15, 0.2) is 18.2 Å². The fraction of sp³-hybridized carbons (Fsp3) is 0.300. The van der Waals surface area contributed by atoms with Gasteiger partial charge >= 0.3 is 0 Å². The largest absolute Gasteiger partial charge is 0.342 e. The van der Waals surface area contributed by atoms with Crippen molar-refractivity contribution in [1.82, 2.24) is 5.32 Å². The van der Waals surface area contributed by atoms with E-state index in [1.807, 2.05) is 0 Å². The number of nitrogens with one attached hydrogen (secondary N) is 1. The minimum absolute atomic E-state index is 0.132. The van der Waals surface area contributed by atoms with Crippen molar-refractivity contribution in [1.29, 1.82) is 0 Å². The van der Waals surface area contributed by atoms with Gasteiger partial charge in [0.1, 0.15) is 5.82 Å². The maximum absolute atomic E-state index is 13.4. The van der Waals surface area contributed by atoms with Gasteiger partial charge in [0.15, 0.2) is 0 Å². The van der Waals surface area contributed by atoms with Crippen LogP contribution in [0.2, 0.25) is 0 Å². The number of carbonyl (C=O) groups is 1. The standard InChI is InChI=1S/C10H8FNO/c11-7-3-1-2-6-8(7)10(4-5-10)12-9(6)13/h1-3H,4-5H2,(H,12,13). The minimum atomic E-state index is -0.336. The molecule has 2 nitrogen and oxygen atoms in total. The average Bonchev–Trinajstić information content (AvgIpc) is 2.78. The number of amides is 1. The normalized spacial score (nSPS) is 21.5. The van der Waals surface area contributed by atoms with E-state index in [2.05, 4.69) is 5.32 Å². The van der Waals surface area contributed by atoms with Gasteiger partial charge in [0, 0.05) is 11.1 Å². The molecule has 3 rings (SSSR count). The third-order valence-corrected chi connectivity index (χ3v) is 2.84. The van der Waals surface area contributed by atoms with Crippen molar-refractivity contribution in [3.05, 3.63) is 35.1 Å². The third-order valence-electron chi connectivity index (χ3n) is 2.84. The molecule has 0 atom stereocenters. The van der Waals surface area contributed by atoms with Crippen molar-refractivity contribution in [2.45, 2.75) is 18.4 Å². The van der Waals surface area contributed by atoms with Gasteiger partial charge in [0.25, 0.3) is 5.91 Å². The van der Waals surface area contributed by atoms with Crippen molar-refractivity contribution >= 4 is 5.91 Å². The van der Waals surface area contributed by atoms with Crippen molar-refractivity contribution in [2.24, 2.45) is 0 Å². The Morgan fingerprint density at radius 3 is 2.85 bits per heavy atom. The highest BCUT2D eigenvalue weighted by Gasteiger charge is 2.53. The highest BCUT2D eigenvalue weighted by Crippen LogP contribution is 2.51. The van der Waals surface area contributed by atoms with Crippen LogP contribution >= 0.6 is 0 Å². The van der Waals surface area contributed by atoms with E-state index >= 15 is 0 Å². The van der Waals surface area contributed by atoms with E-state index in [1.165, 1.54) is 6.07 Å². The molecule has 1 amide bonds. The van der Waals surface area contributed by atoms with Crippen LogP contribution in [-0.4, -0.2) is 5.91 Å². The lowest BCUT2D eigenvalue weighted by atomic mass is 10.0. The van der Waals surface area contributed by atoms with Gasteiger partial charge in [-0.2, -0.15) is 0 Å². The molecule has 2 aliphatic rings. The number of hydrogen-bond donors (Lipinski definition) is 1. The topological polar surface area (TPSA) is 29.1 Å². The van der Waals surface area contributed by atoms with E-state index in [4.69, 9.17) is 0 Å². The van der Waals surface area contributed by atoms with Crippen molar-refractivity contribution in [3.8, 4) is 0 Å². The number of fused-ring (bicyclic) bond motifs is 2. The van der Waals surface area contributed by atoms with E-state index in [0.717, 1.165) is 12.8 Å². The van der Waals surface area contributed by atoms with E-state index in [-0.39, 0.29) is 17.3 Å². The highest BCUT2D eigenvalue weighted by molar-refractivity contribution is 6.00. The lowest BCUT2D eigenvalue weighted by molar-refractivity contribution is 0.0952. The Labute approximate surface area is 74.8 Å². The quantitative estimate of drug-likeness (QED) is 0.640.